The molecule has 2 aromatic rings. The van der Waals surface area contributed by atoms with Crippen LogP contribution in [-0.4, -0.2) is 41.7 Å². The number of nitrogens with zero attached hydrogens (tertiary/aromatic N) is 1. The average Bonchev–Trinajstić information content (AvgIpc) is 2.72. The molecular weight excluding hydrogens is 396 g/mol. The summed E-state index contributed by atoms with van der Waals surface area (Å²) in [7, 11) is 0. The van der Waals surface area contributed by atoms with E-state index in [0.29, 0.717) is 16.8 Å². The van der Waals surface area contributed by atoms with Crippen LogP contribution in [0.3, 0.4) is 0 Å². The van der Waals surface area contributed by atoms with E-state index in [2.05, 4.69) is 26.1 Å². The number of rotatable bonds is 6. The standard InChI is InChI=1S/C24H26N2O5/c1-24(2,3)17-8-10-18(11-9-17)25-20(27)15-31-22(29)12-13-26-21(28)14-16-6-4-5-7-19(16)23(26)30/h4-11H,12-15H2,1-3H3,(H,25,27). The summed E-state index contributed by atoms with van der Waals surface area (Å²) in [6.45, 7) is 5.78. The maximum atomic E-state index is 12.5. The summed E-state index contributed by atoms with van der Waals surface area (Å²) in [5.41, 5.74) is 2.91. The zero-order chi connectivity index (χ0) is 22.6. The third-order valence-corrected chi connectivity index (χ3v) is 5.07. The summed E-state index contributed by atoms with van der Waals surface area (Å²) in [6.07, 6.45) is -0.0550. The number of esters is 1. The number of amides is 3. The van der Waals surface area contributed by atoms with Gasteiger partial charge in [0.2, 0.25) is 5.91 Å². The third kappa shape index (κ3) is 5.57. The molecule has 0 aliphatic carbocycles. The van der Waals surface area contributed by atoms with Gasteiger partial charge in [-0.1, -0.05) is 51.1 Å². The molecule has 1 heterocycles. The Labute approximate surface area is 181 Å². The molecule has 7 heteroatoms. The van der Waals surface area contributed by atoms with Crippen LogP contribution in [-0.2, 0) is 31.0 Å². The van der Waals surface area contributed by atoms with Gasteiger partial charge in [0, 0.05) is 17.8 Å². The molecule has 7 nitrogen and oxygen atoms in total. The molecule has 0 aromatic heterocycles. The van der Waals surface area contributed by atoms with Gasteiger partial charge in [-0.25, -0.2) is 0 Å². The molecule has 0 bridgehead atoms. The number of carbonyl (C=O) groups excluding carboxylic acids is 4. The van der Waals surface area contributed by atoms with Crippen molar-refractivity contribution in [2.45, 2.75) is 39.0 Å². The minimum absolute atomic E-state index is 0.0112. The fraction of sp³-hybridized carbons (Fsp3) is 0.333. The molecule has 0 radical (unpaired) electrons. The molecule has 3 rings (SSSR count). The first-order valence-corrected chi connectivity index (χ1v) is 10.1. The second-order valence-electron chi connectivity index (χ2n) is 8.47. The van der Waals surface area contributed by atoms with E-state index in [0.717, 1.165) is 10.5 Å². The molecule has 0 atom stereocenters. The van der Waals surface area contributed by atoms with Gasteiger partial charge in [0.25, 0.3) is 11.8 Å². The van der Waals surface area contributed by atoms with Gasteiger partial charge in [-0.2, -0.15) is 0 Å². The molecule has 31 heavy (non-hydrogen) atoms. The Kier molecular flexibility index (Phi) is 6.53. The zero-order valence-electron chi connectivity index (χ0n) is 17.9. The number of nitrogens with one attached hydrogen (secondary N) is 1. The second-order valence-corrected chi connectivity index (χ2v) is 8.47. The lowest BCUT2D eigenvalue weighted by Gasteiger charge is -2.26. The summed E-state index contributed by atoms with van der Waals surface area (Å²) < 4.78 is 4.98. The molecule has 0 unspecified atom stereocenters. The van der Waals surface area contributed by atoms with Crippen molar-refractivity contribution >= 4 is 29.4 Å². The summed E-state index contributed by atoms with van der Waals surface area (Å²) in [5.74, 6) is -1.89. The van der Waals surface area contributed by atoms with Gasteiger partial charge >= 0.3 is 5.97 Å². The number of benzene rings is 2. The van der Waals surface area contributed by atoms with Crippen LogP contribution in [0.5, 0.6) is 0 Å². The quantitative estimate of drug-likeness (QED) is 0.570. The summed E-state index contributed by atoms with van der Waals surface area (Å²) in [5, 5.41) is 2.67. The first kappa shape index (κ1) is 22.2. The Hall–Kier alpha value is -3.48. The SMILES string of the molecule is CC(C)(C)c1ccc(NC(=O)COC(=O)CCN2C(=O)Cc3ccccc3C2=O)cc1. The summed E-state index contributed by atoms with van der Waals surface area (Å²) in [6, 6.07) is 14.4. The van der Waals surface area contributed by atoms with Gasteiger partial charge in [-0.3, -0.25) is 24.1 Å². The number of carbonyl (C=O) groups is 4. The highest BCUT2D eigenvalue weighted by Crippen LogP contribution is 2.23. The molecule has 0 saturated heterocycles. The van der Waals surface area contributed by atoms with Crippen LogP contribution in [0.1, 0.15) is 48.7 Å². The normalized spacial score (nSPS) is 13.6. The number of hydrogen-bond donors (Lipinski definition) is 1. The molecule has 0 saturated carbocycles. The van der Waals surface area contributed by atoms with E-state index in [1.807, 2.05) is 12.1 Å². The van der Waals surface area contributed by atoms with Crippen LogP contribution in [0.4, 0.5) is 5.69 Å². The maximum Gasteiger partial charge on any atom is 0.308 e. The van der Waals surface area contributed by atoms with Gasteiger partial charge in [0.1, 0.15) is 0 Å². The third-order valence-electron chi connectivity index (χ3n) is 5.07. The van der Waals surface area contributed by atoms with Gasteiger partial charge in [-0.05, 0) is 34.7 Å². The van der Waals surface area contributed by atoms with Crippen molar-refractivity contribution in [3.8, 4) is 0 Å². The largest absolute Gasteiger partial charge is 0.456 e. The maximum absolute atomic E-state index is 12.5. The van der Waals surface area contributed by atoms with Gasteiger partial charge in [-0.15, -0.1) is 0 Å². The minimum atomic E-state index is -0.655. The van der Waals surface area contributed by atoms with Crippen molar-refractivity contribution in [1.82, 2.24) is 4.90 Å². The summed E-state index contributed by atoms with van der Waals surface area (Å²) >= 11 is 0. The smallest absolute Gasteiger partial charge is 0.308 e. The van der Waals surface area contributed by atoms with E-state index in [1.165, 1.54) is 0 Å². The number of imide groups is 1. The van der Waals surface area contributed by atoms with Crippen LogP contribution < -0.4 is 5.32 Å². The zero-order valence-corrected chi connectivity index (χ0v) is 17.9. The predicted molar refractivity (Wildman–Crippen MR) is 116 cm³/mol. The highest BCUT2D eigenvalue weighted by Gasteiger charge is 2.30. The van der Waals surface area contributed by atoms with Crippen molar-refractivity contribution in [1.29, 1.82) is 0 Å². The highest BCUT2D eigenvalue weighted by atomic mass is 16.5. The summed E-state index contributed by atoms with van der Waals surface area (Å²) in [4.78, 5) is 49.8. The van der Waals surface area contributed by atoms with Crippen molar-refractivity contribution in [3.05, 3.63) is 65.2 Å². The first-order chi connectivity index (χ1) is 14.6. The minimum Gasteiger partial charge on any atom is -0.456 e. The molecule has 1 aliphatic heterocycles. The monoisotopic (exact) mass is 422 g/mol. The lowest BCUT2D eigenvalue weighted by atomic mass is 9.87. The molecule has 1 N–H and O–H groups in total. The fourth-order valence-electron chi connectivity index (χ4n) is 3.30. The number of fused-ring (bicyclic) bond motifs is 1. The van der Waals surface area contributed by atoms with Gasteiger partial charge in [0.05, 0.1) is 12.8 Å². The van der Waals surface area contributed by atoms with Crippen LogP contribution in [0.2, 0.25) is 0 Å². The Bertz CT molecular complexity index is 1010. The predicted octanol–water partition coefficient (Wildman–Crippen LogP) is 3.08. The molecule has 0 fully saturated rings. The van der Waals surface area contributed by atoms with Crippen molar-refractivity contribution < 1.29 is 23.9 Å². The Balaban J connectivity index is 1.45. The van der Waals surface area contributed by atoms with Crippen LogP contribution in [0.25, 0.3) is 0 Å². The lowest BCUT2D eigenvalue weighted by Crippen LogP contribution is -2.43. The number of anilines is 1. The average molecular weight is 422 g/mol. The van der Waals surface area contributed by atoms with E-state index >= 15 is 0 Å². The van der Waals surface area contributed by atoms with E-state index in [1.54, 1.807) is 36.4 Å². The second kappa shape index (κ2) is 9.12. The van der Waals surface area contributed by atoms with Gasteiger partial charge < -0.3 is 10.1 Å². The number of ether oxygens (including phenoxy) is 1. The first-order valence-electron chi connectivity index (χ1n) is 10.1. The molecule has 0 spiro atoms. The van der Waals surface area contributed by atoms with Crippen molar-refractivity contribution in [2.24, 2.45) is 0 Å². The van der Waals surface area contributed by atoms with Crippen molar-refractivity contribution in [3.63, 3.8) is 0 Å². The van der Waals surface area contributed by atoms with Crippen molar-refractivity contribution in [2.75, 3.05) is 18.5 Å². The molecular formula is C24H26N2O5. The molecule has 1 aliphatic rings. The van der Waals surface area contributed by atoms with Gasteiger partial charge in [0.15, 0.2) is 6.61 Å². The molecule has 162 valence electrons. The fourth-order valence-corrected chi connectivity index (χ4v) is 3.30. The highest BCUT2D eigenvalue weighted by molar-refractivity contribution is 6.09. The number of hydrogen-bond acceptors (Lipinski definition) is 5. The Morgan fingerprint density at radius 3 is 2.39 bits per heavy atom. The lowest BCUT2D eigenvalue weighted by molar-refractivity contribution is -0.147. The molecule has 2 aromatic carbocycles. The topological polar surface area (TPSA) is 92.8 Å². The van der Waals surface area contributed by atoms with E-state index in [9.17, 15) is 19.2 Å². The molecule has 3 amide bonds. The van der Waals surface area contributed by atoms with Crippen LogP contribution in [0.15, 0.2) is 48.5 Å². The Morgan fingerprint density at radius 2 is 1.71 bits per heavy atom. The van der Waals surface area contributed by atoms with E-state index in [-0.39, 0.29) is 30.7 Å². The Morgan fingerprint density at radius 1 is 1.03 bits per heavy atom. The van der Waals surface area contributed by atoms with E-state index in [4.69, 9.17) is 4.74 Å². The van der Waals surface area contributed by atoms with Crippen LogP contribution >= 0.6 is 0 Å². The van der Waals surface area contributed by atoms with E-state index < -0.39 is 24.4 Å². The van der Waals surface area contributed by atoms with Crippen LogP contribution in [0, 0.1) is 0 Å².